The summed E-state index contributed by atoms with van der Waals surface area (Å²) in [5.41, 5.74) is 0. The predicted molar refractivity (Wildman–Crippen MR) is 32.7 cm³/mol. The lowest BCUT2D eigenvalue weighted by molar-refractivity contribution is 0.263. The van der Waals surface area contributed by atoms with Crippen LogP contribution in [0.15, 0.2) is 12.2 Å². The minimum Gasteiger partial charge on any atom is -0.463 e. The van der Waals surface area contributed by atoms with Gasteiger partial charge in [0.2, 0.25) is 0 Å². The summed E-state index contributed by atoms with van der Waals surface area (Å²) in [6.07, 6.45) is 3.82. The van der Waals surface area contributed by atoms with E-state index in [1.54, 1.807) is 0 Å². The van der Waals surface area contributed by atoms with Gasteiger partial charge in [0.25, 0.3) is 0 Å². The molecule has 4 heteroatoms. The van der Waals surface area contributed by atoms with E-state index in [0.717, 1.165) is 0 Å². The quantitative estimate of drug-likeness (QED) is 0.374. The molecule has 0 amide bonds. The molecule has 0 radical (unpaired) electrons. The molecule has 8 heavy (non-hydrogen) atoms. The van der Waals surface area contributed by atoms with Crippen LogP contribution in [0.3, 0.4) is 0 Å². The SMILES string of the molecule is [Cl][Al]1[O]CC=CC[O]1. The summed E-state index contributed by atoms with van der Waals surface area (Å²) in [4.78, 5) is 0. The van der Waals surface area contributed by atoms with E-state index in [4.69, 9.17) is 17.6 Å². The van der Waals surface area contributed by atoms with Crippen molar-refractivity contribution in [1.29, 1.82) is 0 Å². The molecule has 0 unspecified atom stereocenters. The van der Waals surface area contributed by atoms with Crippen molar-refractivity contribution < 1.29 is 7.58 Å². The summed E-state index contributed by atoms with van der Waals surface area (Å²) in [6, 6.07) is 0. The van der Waals surface area contributed by atoms with E-state index in [-0.39, 0.29) is 0 Å². The van der Waals surface area contributed by atoms with E-state index >= 15 is 0 Å². The van der Waals surface area contributed by atoms with Gasteiger partial charge >= 0.3 is 13.9 Å². The molecule has 2 nitrogen and oxygen atoms in total. The molecular weight excluding hydrogens is 142 g/mol. The molecule has 1 aliphatic heterocycles. The minimum absolute atomic E-state index is 0.611. The third-order valence-corrected chi connectivity index (χ3v) is 2.48. The zero-order valence-electron chi connectivity index (χ0n) is 4.34. The van der Waals surface area contributed by atoms with Crippen LogP contribution >= 0.6 is 10.0 Å². The second-order valence-electron chi connectivity index (χ2n) is 1.41. The van der Waals surface area contributed by atoms with E-state index < -0.39 is 13.9 Å². The normalized spacial score (nSPS) is 20.9. The number of hydrogen-bond donors (Lipinski definition) is 0. The topological polar surface area (TPSA) is 18.5 Å². The first-order valence-electron chi connectivity index (χ1n) is 2.42. The number of rotatable bonds is 0. The van der Waals surface area contributed by atoms with E-state index in [0.29, 0.717) is 13.2 Å². The van der Waals surface area contributed by atoms with Crippen LogP contribution < -0.4 is 0 Å². The summed E-state index contributed by atoms with van der Waals surface area (Å²) in [5, 5.41) is 0. The Labute approximate surface area is 57.3 Å². The maximum Gasteiger partial charge on any atom is 0.813 e. The number of halogens is 1. The summed E-state index contributed by atoms with van der Waals surface area (Å²) in [5.74, 6) is 0. The minimum atomic E-state index is -1.73. The zero-order valence-corrected chi connectivity index (χ0v) is 6.25. The largest absolute Gasteiger partial charge is 0.813 e. The van der Waals surface area contributed by atoms with Crippen molar-refractivity contribution in [2.45, 2.75) is 0 Å². The van der Waals surface area contributed by atoms with Crippen LogP contribution in [0, 0.1) is 0 Å². The molecule has 1 aliphatic rings. The van der Waals surface area contributed by atoms with Crippen LogP contribution in [0.25, 0.3) is 0 Å². The maximum absolute atomic E-state index is 5.58. The predicted octanol–water partition coefficient (Wildman–Crippen LogP) is 0.813. The first-order chi connectivity index (χ1) is 3.89. The van der Waals surface area contributed by atoms with Gasteiger partial charge in [-0.3, -0.25) is 0 Å². The zero-order chi connectivity index (χ0) is 5.82. The summed E-state index contributed by atoms with van der Waals surface area (Å²) in [7, 11) is 5.58. The van der Waals surface area contributed by atoms with Crippen LogP contribution in [-0.2, 0) is 7.58 Å². The molecule has 1 heterocycles. The Morgan fingerprint density at radius 2 is 1.75 bits per heavy atom. The van der Waals surface area contributed by atoms with Gasteiger partial charge in [-0.1, -0.05) is 12.2 Å². The standard InChI is InChI=1S/C4H6O2.Al.ClH/c5-3-1-2-4-6;;/h1-2H,3-4H2;;1H/q-2;+3;/p-1. The molecular formula is C4H6AlClO2. The molecule has 0 aliphatic carbocycles. The van der Waals surface area contributed by atoms with Crippen LogP contribution in [-0.4, -0.2) is 27.1 Å². The average molecular weight is 149 g/mol. The third-order valence-electron chi connectivity index (χ3n) is 0.814. The van der Waals surface area contributed by atoms with Gasteiger partial charge in [0.05, 0.1) is 0 Å². The first kappa shape index (κ1) is 6.60. The smallest absolute Gasteiger partial charge is 0.463 e. The summed E-state index contributed by atoms with van der Waals surface area (Å²) >= 11 is -1.73. The Balaban J connectivity index is 2.28. The Morgan fingerprint density at radius 1 is 1.25 bits per heavy atom. The van der Waals surface area contributed by atoms with Crippen LogP contribution in [0.5, 0.6) is 0 Å². The highest BCUT2D eigenvalue weighted by Gasteiger charge is 2.22. The second-order valence-corrected chi connectivity index (χ2v) is 3.70. The maximum atomic E-state index is 5.58. The lowest BCUT2D eigenvalue weighted by atomic mass is 10.5. The summed E-state index contributed by atoms with van der Waals surface area (Å²) in [6.45, 7) is 1.22. The van der Waals surface area contributed by atoms with Crippen molar-refractivity contribution in [2.24, 2.45) is 0 Å². The van der Waals surface area contributed by atoms with Gasteiger partial charge in [-0.15, -0.1) is 0 Å². The molecule has 1 rings (SSSR count). The van der Waals surface area contributed by atoms with Crippen LogP contribution in [0.1, 0.15) is 0 Å². The van der Waals surface area contributed by atoms with Crippen molar-refractivity contribution in [3.8, 4) is 0 Å². The van der Waals surface area contributed by atoms with Gasteiger partial charge in [-0.25, -0.2) is 0 Å². The fourth-order valence-electron chi connectivity index (χ4n) is 0.447. The molecule has 0 bridgehead atoms. The van der Waals surface area contributed by atoms with Crippen LogP contribution in [0.4, 0.5) is 0 Å². The fraction of sp³-hybridized carbons (Fsp3) is 0.500. The Hall–Kier alpha value is 0.482. The Kier molecular flexibility index (Phi) is 2.89. The van der Waals surface area contributed by atoms with Gasteiger partial charge in [-0.05, 0) is 0 Å². The van der Waals surface area contributed by atoms with Gasteiger partial charge in [0.15, 0.2) is 0 Å². The lowest BCUT2D eigenvalue weighted by Gasteiger charge is -1.97. The van der Waals surface area contributed by atoms with Crippen molar-refractivity contribution in [2.75, 3.05) is 13.2 Å². The molecule has 0 atom stereocenters. The van der Waals surface area contributed by atoms with Gasteiger partial charge in [-0.2, -0.15) is 10.0 Å². The van der Waals surface area contributed by atoms with Gasteiger partial charge in [0, 0.05) is 13.2 Å². The van der Waals surface area contributed by atoms with E-state index in [2.05, 4.69) is 0 Å². The van der Waals surface area contributed by atoms with E-state index in [1.165, 1.54) is 0 Å². The number of hydrogen-bond acceptors (Lipinski definition) is 2. The van der Waals surface area contributed by atoms with Gasteiger partial charge < -0.3 is 7.58 Å². The second kappa shape index (κ2) is 3.50. The van der Waals surface area contributed by atoms with Crippen LogP contribution in [0.2, 0.25) is 0 Å². The summed E-state index contributed by atoms with van der Waals surface area (Å²) < 4.78 is 10.00. The Morgan fingerprint density at radius 3 is 2.25 bits per heavy atom. The monoisotopic (exact) mass is 148 g/mol. The molecule has 0 N–H and O–H groups in total. The average Bonchev–Trinajstić information content (AvgIpc) is 1.94. The van der Waals surface area contributed by atoms with Crippen molar-refractivity contribution in [3.05, 3.63) is 12.2 Å². The highest BCUT2D eigenvalue weighted by atomic mass is 35.6. The highest BCUT2D eigenvalue weighted by Crippen LogP contribution is 1.98. The molecule has 0 spiro atoms. The fourth-order valence-corrected chi connectivity index (χ4v) is 1.50. The molecule has 0 aromatic heterocycles. The first-order valence-corrected chi connectivity index (χ1v) is 5.11. The third kappa shape index (κ3) is 2.17. The van der Waals surface area contributed by atoms with Crippen molar-refractivity contribution >= 4 is 23.9 Å². The molecule has 44 valence electrons. The van der Waals surface area contributed by atoms with Crippen molar-refractivity contribution in [1.82, 2.24) is 0 Å². The van der Waals surface area contributed by atoms with E-state index in [1.807, 2.05) is 12.2 Å². The molecule has 0 saturated carbocycles. The van der Waals surface area contributed by atoms with Crippen molar-refractivity contribution in [3.63, 3.8) is 0 Å². The van der Waals surface area contributed by atoms with E-state index in [9.17, 15) is 0 Å². The lowest BCUT2D eigenvalue weighted by Crippen LogP contribution is -2.13. The molecule has 0 saturated heterocycles. The molecule has 0 fully saturated rings. The molecule has 0 aromatic carbocycles. The molecule has 0 aromatic rings. The highest BCUT2D eigenvalue weighted by molar-refractivity contribution is 6.99. The Bertz CT molecular complexity index is 86.0. The van der Waals surface area contributed by atoms with Gasteiger partial charge in [0.1, 0.15) is 0 Å².